The van der Waals surface area contributed by atoms with Gasteiger partial charge in [0.15, 0.2) is 0 Å². The number of unbranched alkanes of at least 4 members (excludes halogenated alkanes) is 2. The van der Waals surface area contributed by atoms with E-state index in [4.69, 9.17) is 10.8 Å². The molecule has 0 aromatic rings. The quantitative estimate of drug-likeness (QED) is 0.508. The van der Waals surface area contributed by atoms with Crippen LogP contribution in [0.15, 0.2) is 12.2 Å². The molecule has 1 unspecified atom stereocenters. The average molecular weight is 250 g/mol. The van der Waals surface area contributed by atoms with Crippen LogP contribution in [0.5, 0.6) is 0 Å². The zero-order valence-electron chi connectivity index (χ0n) is 9.52. The summed E-state index contributed by atoms with van der Waals surface area (Å²) in [7, 11) is 0. The molecule has 0 aliphatic carbocycles. The summed E-state index contributed by atoms with van der Waals surface area (Å²) in [5, 5.41) is 8.83. The minimum absolute atomic E-state index is 0. The van der Waals surface area contributed by atoms with Crippen molar-refractivity contribution < 1.29 is 14.7 Å². The first-order valence-electron chi connectivity index (χ1n) is 5.23. The summed E-state index contributed by atoms with van der Waals surface area (Å²) in [6.07, 6.45) is 6.38. The normalized spacial score (nSPS) is 12.1. The number of Topliss-reactive ketones (excluding diaryl/α,β-unsaturated/α-hetero) is 1. The van der Waals surface area contributed by atoms with E-state index < -0.39 is 11.9 Å². The van der Waals surface area contributed by atoms with Gasteiger partial charge in [-0.3, -0.25) is 9.59 Å². The predicted molar refractivity (Wildman–Crippen MR) is 65.7 cm³/mol. The first-order chi connectivity index (χ1) is 7.11. The Labute approximate surface area is 102 Å². The Morgan fingerprint density at radius 3 is 2.50 bits per heavy atom. The van der Waals surface area contributed by atoms with Crippen molar-refractivity contribution in [1.29, 1.82) is 0 Å². The Morgan fingerprint density at radius 1 is 1.44 bits per heavy atom. The van der Waals surface area contributed by atoms with Crippen LogP contribution in [0.3, 0.4) is 0 Å². The fraction of sp³-hybridized carbons (Fsp3) is 0.636. The fourth-order valence-electron chi connectivity index (χ4n) is 1.15. The molecule has 0 amide bonds. The van der Waals surface area contributed by atoms with E-state index >= 15 is 0 Å². The third-order valence-corrected chi connectivity index (χ3v) is 2.09. The number of hydrogen-bond donors (Lipinski definition) is 2. The van der Waals surface area contributed by atoms with E-state index in [1.165, 1.54) is 0 Å². The highest BCUT2D eigenvalue weighted by Crippen LogP contribution is 2.07. The molecule has 0 rings (SSSR count). The third-order valence-electron chi connectivity index (χ3n) is 2.09. The maximum atomic E-state index is 11.0. The number of carbonyl (C=O) groups excluding carboxylic acids is 1. The lowest BCUT2D eigenvalue weighted by Gasteiger charge is -2.05. The second-order valence-electron chi connectivity index (χ2n) is 3.46. The van der Waals surface area contributed by atoms with E-state index in [0.29, 0.717) is 0 Å². The molecule has 5 heteroatoms. The van der Waals surface area contributed by atoms with Gasteiger partial charge in [0.05, 0.1) is 12.5 Å². The van der Waals surface area contributed by atoms with Gasteiger partial charge < -0.3 is 10.8 Å². The number of aliphatic carboxylic acids is 1. The fourth-order valence-corrected chi connectivity index (χ4v) is 1.15. The van der Waals surface area contributed by atoms with Gasteiger partial charge in [0.25, 0.3) is 0 Å². The Balaban J connectivity index is 0. The summed E-state index contributed by atoms with van der Waals surface area (Å²) in [6.45, 7) is 1.98. The number of allylic oxidation sites excluding steroid dienone is 1. The number of nitrogens with two attached hydrogens (primary N) is 1. The number of rotatable bonds is 8. The second-order valence-corrected chi connectivity index (χ2v) is 3.46. The van der Waals surface area contributed by atoms with E-state index in [2.05, 4.69) is 6.92 Å². The SMILES string of the molecule is CCCC/C=C/C(CC(=O)CN)C(=O)O.Cl. The molecule has 0 saturated heterocycles. The lowest BCUT2D eigenvalue weighted by atomic mass is 10.0. The zero-order valence-corrected chi connectivity index (χ0v) is 10.3. The van der Waals surface area contributed by atoms with Crippen molar-refractivity contribution in [3.63, 3.8) is 0 Å². The first-order valence-corrected chi connectivity index (χ1v) is 5.23. The highest BCUT2D eigenvalue weighted by molar-refractivity contribution is 5.86. The van der Waals surface area contributed by atoms with Gasteiger partial charge in [-0.05, 0) is 6.42 Å². The molecule has 0 heterocycles. The number of ketones is 1. The van der Waals surface area contributed by atoms with Crippen LogP contribution in [0.2, 0.25) is 0 Å². The van der Waals surface area contributed by atoms with E-state index in [-0.39, 0.29) is 31.2 Å². The minimum atomic E-state index is -0.968. The monoisotopic (exact) mass is 249 g/mol. The molecule has 1 atom stereocenters. The van der Waals surface area contributed by atoms with Gasteiger partial charge in [-0.25, -0.2) is 0 Å². The summed E-state index contributed by atoms with van der Waals surface area (Å²) in [5.74, 6) is -1.91. The van der Waals surface area contributed by atoms with Crippen molar-refractivity contribution in [3.8, 4) is 0 Å². The van der Waals surface area contributed by atoms with Crippen LogP contribution in [-0.2, 0) is 9.59 Å². The summed E-state index contributed by atoms with van der Waals surface area (Å²) >= 11 is 0. The van der Waals surface area contributed by atoms with Gasteiger partial charge in [-0.2, -0.15) is 0 Å². The van der Waals surface area contributed by atoms with Crippen LogP contribution in [0.1, 0.15) is 32.6 Å². The molecule has 0 fully saturated rings. The zero-order chi connectivity index (χ0) is 11.7. The molecule has 0 bridgehead atoms. The van der Waals surface area contributed by atoms with Crippen molar-refractivity contribution in [2.24, 2.45) is 11.7 Å². The maximum absolute atomic E-state index is 11.0. The van der Waals surface area contributed by atoms with Gasteiger partial charge in [0.2, 0.25) is 0 Å². The van der Waals surface area contributed by atoms with Crippen LogP contribution in [-0.4, -0.2) is 23.4 Å². The lowest BCUT2D eigenvalue weighted by Crippen LogP contribution is -2.21. The molecular weight excluding hydrogens is 230 g/mol. The van der Waals surface area contributed by atoms with Crippen LogP contribution >= 0.6 is 12.4 Å². The van der Waals surface area contributed by atoms with Crippen LogP contribution in [0.4, 0.5) is 0 Å². The predicted octanol–water partition coefficient (Wildman–Crippen LogP) is 1.77. The number of halogens is 1. The largest absolute Gasteiger partial charge is 0.481 e. The van der Waals surface area contributed by atoms with E-state index in [1.807, 2.05) is 6.08 Å². The first kappa shape index (κ1) is 17.5. The molecule has 0 radical (unpaired) electrons. The van der Waals surface area contributed by atoms with Crippen molar-refractivity contribution in [3.05, 3.63) is 12.2 Å². The van der Waals surface area contributed by atoms with Crippen molar-refractivity contribution in [2.75, 3.05) is 6.54 Å². The topological polar surface area (TPSA) is 80.4 Å². The molecule has 0 aromatic carbocycles. The van der Waals surface area contributed by atoms with Gasteiger partial charge in [0, 0.05) is 6.42 Å². The molecule has 3 N–H and O–H groups in total. The van der Waals surface area contributed by atoms with Crippen LogP contribution < -0.4 is 5.73 Å². The number of carboxylic acid groups (broad SMARTS) is 1. The summed E-state index contributed by atoms with van der Waals surface area (Å²) in [6, 6.07) is 0. The third kappa shape index (κ3) is 8.44. The molecule has 94 valence electrons. The summed E-state index contributed by atoms with van der Waals surface area (Å²) in [5.41, 5.74) is 5.13. The van der Waals surface area contributed by atoms with Crippen molar-refractivity contribution in [2.45, 2.75) is 32.6 Å². The van der Waals surface area contributed by atoms with Crippen LogP contribution in [0, 0.1) is 5.92 Å². The van der Waals surface area contributed by atoms with Gasteiger partial charge in [-0.1, -0.05) is 31.9 Å². The summed E-state index contributed by atoms with van der Waals surface area (Å²) < 4.78 is 0. The molecular formula is C11H20ClNO3. The molecule has 0 saturated carbocycles. The average Bonchev–Trinajstić information content (AvgIpc) is 2.21. The van der Waals surface area contributed by atoms with Crippen LogP contribution in [0.25, 0.3) is 0 Å². The second kappa shape index (κ2) is 10.6. The molecule has 0 aliphatic heterocycles. The van der Waals surface area contributed by atoms with Gasteiger partial charge >= 0.3 is 5.97 Å². The van der Waals surface area contributed by atoms with E-state index in [1.54, 1.807) is 6.08 Å². The number of hydrogen-bond acceptors (Lipinski definition) is 3. The maximum Gasteiger partial charge on any atom is 0.310 e. The van der Waals surface area contributed by atoms with Crippen molar-refractivity contribution >= 4 is 24.2 Å². The highest BCUT2D eigenvalue weighted by atomic mass is 35.5. The number of carbonyl (C=O) groups is 2. The lowest BCUT2D eigenvalue weighted by molar-refractivity contribution is -0.141. The number of carboxylic acids is 1. The molecule has 0 aromatic heterocycles. The smallest absolute Gasteiger partial charge is 0.310 e. The van der Waals surface area contributed by atoms with Crippen molar-refractivity contribution in [1.82, 2.24) is 0 Å². The molecule has 0 aliphatic rings. The Hall–Kier alpha value is -0.870. The Kier molecular flexibility index (Phi) is 11.7. The molecule has 0 spiro atoms. The Bertz CT molecular complexity index is 241. The van der Waals surface area contributed by atoms with E-state index in [0.717, 1.165) is 19.3 Å². The van der Waals surface area contributed by atoms with E-state index in [9.17, 15) is 9.59 Å². The highest BCUT2D eigenvalue weighted by Gasteiger charge is 2.16. The van der Waals surface area contributed by atoms with Gasteiger partial charge in [0.1, 0.15) is 5.78 Å². The Morgan fingerprint density at radius 2 is 2.06 bits per heavy atom. The standard InChI is InChI=1S/C11H19NO3.ClH/c1-2-3-4-5-6-9(11(14)15)7-10(13)8-12;/h5-6,9H,2-4,7-8,12H2,1H3,(H,14,15);1H/b6-5+;. The summed E-state index contributed by atoms with van der Waals surface area (Å²) in [4.78, 5) is 21.8. The molecule has 16 heavy (non-hydrogen) atoms. The molecule has 4 nitrogen and oxygen atoms in total. The van der Waals surface area contributed by atoms with Gasteiger partial charge in [-0.15, -0.1) is 12.4 Å². The minimum Gasteiger partial charge on any atom is -0.481 e.